The molecule has 14 rings (SSSR count). The van der Waals surface area contributed by atoms with Crippen LogP contribution in [0.5, 0.6) is 0 Å². The fraction of sp³-hybridized carbons (Fsp3) is 0.372. The molecule has 796 valence electrons. The average Bonchev–Trinajstić information content (AvgIpc) is 0.880. The van der Waals surface area contributed by atoms with E-state index in [9.17, 15) is 105 Å². The predicted octanol–water partition coefficient (Wildman–Crippen LogP) is 0.633. The van der Waals surface area contributed by atoms with Crippen molar-refractivity contribution in [1.82, 2.24) is 69.3 Å². The van der Waals surface area contributed by atoms with Crippen LogP contribution in [0.2, 0.25) is 0 Å². The number of anilines is 4. The van der Waals surface area contributed by atoms with E-state index in [-0.39, 0.29) is 110 Å². The lowest BCUT2D eigenvalue weighted by Crippen LogP contribution is -2.49. The number of carbonyl (C=O) groups excluding carboxylic acids is 6. The molecular weight excluding hydrogens is 2110 g/mol. The highest BCUT2D eigenvalue weighted by molar-refractivity contribution is 7.66. The zero-order valence-electron chi connectivity index (χ0n) is 80.9. The van der Waals surface area contributed by atoms with Gasteiger partial charge in [-0.2, -0.15) is 0 Å². The standard InChI is InChI=1S/2C43H53N10O17P3S/c1-49(2)24-13-15-28-31(20-24)74-32-21-25(50(3)4)14-16-29(32)34(28)26-10-7-8-11-27(26)40(57)51(5)19-9-12-33(54)45-17-18-46-43(58)68-37-30(22-66-72(62,63)70-73(64,65)69-71(59,60)61)67-41(36(37)55)53-23-52(6)35-38(53)47-42(44)48-39(35)56;1-49(2)24-13-15-28-31(20-24)74-32-21-25(50(3)4)14-16-29(32)34(28)26-10-7-8-11-27(26)40(57)51(5)19-9-12-33(54)45-17-18-46-43(58)68-37-36(55)30(22-66-72(62,63)70-73(64,65)69-71(59,60)61)67-41(37)53-23-52(6)35-38(53)47-42(44)48-39(35)56/h2*7-8,10-11,13-16,20-21,23,30,36-37,41,55H,9,12,17-19,22H2,1-6H3,(H7-2,44,45,46,47,48,54,56,58,59,60,61,62,63,64,65)/t2*30-,36-,37-,41-/m11/s1. The molecule has 2 saturated heterocycles. The van der Waals surface area contributed by atoms with E-state index in [2.05, 4.69) is 140 Å². The SMILES string of the molecule is CN(CCCC(=O)NCCNC(=O)O[C@@H]1[C@H](O)[C@@H](COP(=O)(O)OP(=O)([O-])OP(=O)([O-])O)O[C@H]1[n+]1cn(C)c2c(=O)[nH]c(N)nc21)C(=O)c1ccccc1-c1c2ccc(=[N+](C)C)cc-2sc2cc(N(C)C)ccc12.CN(CCCC(=O)NCCNC(=O)O[C@H]1[C@@H](O)[C@H]([n+]2cn(C)c3c(=O)[nH]c(N)nc32)O[C@@H]1COP(=O)(O)OP(=O)([O-])OP(=O)([O-])O)C(=O)c1ccccc1-c1c2ccc(=[N+](C)C)cc-2sc2cc(N(C)C)ccc12. The molecule has 0 spiro atoms. The number of fused-ring (bicyclic) bond motifs is 6. The number of imidazole rings is 2. The first kappa shape index (κ1) is 113. The van der Waals surface area contributed by atoms with Gasteiger partial charge in [-0.25, -0.2) is 54.2 Å². The van der Waals surface area contributed by atoms with E-state index < -0.39 is 138 Å². The first-order valence-corrected chi connectivity index (χ1v) is 55.2. The number of nitrogen functional groups attached to an aromatic ring is 2. The van der Waals surface area contributed by atoms with Gasteiger partial charge in [0.1, 0.15) is 46.5 Å². The summed E-state index contributed by atoms with van der Waals surface area (Å²) in [5.74, 6) is -1.93. The molecule has 6 unspecified atom stereocenters. The third-order valence-electron chi connectivity index (χ3n) is 23.1. The van der Waals surface area contributed by atoms with Gasteiger partial charge in [-0.1, -0.05) is 58.5 Å². The fourth-order valence-electron chi connectivity index (χ4n) is 16.3. The summed E-state index contributed by atoms with van der Waals surface area (Å²) in [5.41, 5.74) is 18.2. The van der Waals surface area contributed by atoms with Gasteiger partial charge in [-0.15, -0.1) is 22.7 Å². The average molecular weight is 2210 g/mol. The Kier molecular flexibility index (Phi) is 35.7. The lowest BCUT2D eigenvalue weighted by Gasteiger charge is -2.28. The van der Waals surface area contributed by atoms with Crippen LogP contribution >= 0.6 is 69.6 Å². The van der Waals surface area contributed by atoms with Gasteiger partial charge in [0.05, 0.1) is 27.3 Å². The van der Waals surface area contributed by atoms with Crippen molar-refractivity contribution < 1.29 is 160 Å². The Balaban J connectivity index is 0.000000247. The van der Waals surface area contributed by atoms with Crippen LogP contribution in [0.1, 0.15) is 58.9 Å². The van der Waals surface area contributed by atoms with E-state index in [0.29, 0.717) is 17.5 Å². The Morgan fingerprint density at radius 1 is 0.507 bits per heavy atom. The number of rotatable bonds is 38. The van der Waals surface area contributed by atoms with Gasteiger partial charge in [0.15, 0.2) is 31.0 Å². The van der Waals surface area contributed by atoms with Crippen molar-refractivity contribution in [3.63, 3.8) is 0 Å². The Morgan fingerprint density at radius 2 is 0.892 bits per heavy atom. The van der Waals surface area contributed by atoms with Crippen molar-refractivity contribution in [3.8, 4) is 43.1 Å². The number of aliphatic hydroxyl groups is 2. The van der Waals surface area contributed by atoms with Crippen LogP contribution in [-0.4, -0.2) is 264 Å². The summed E-state index contributed by atoms with van der Waals surface area (Å²) in [6, 6.07) is 40.0. The number of carbonyl (C=O) groups is 6. The van der Waals surface area contributed by atoms with Crippen LogP contribution in [0.25, 0.3) is 85.6 Å². The molecule has 4 aliphatic heterocycles. The number of amides is 6. The maximum Gasteiger partial charge on any atom is 0.478 e. The number of aromatic nitrogens is 8. The summed E-state index contributed by atoms with van der Waals surface area (Å²) in [6.07, 6.45) is -13.2. The summed E-state index contributed by atoms with van der Waals surface area (Å²) in [7, 11) is -14.0. The van der Waals surface area contributed by atoms with Gasteiger partial charge in [-0.3, -0.25) is 75.2 Å². The normalized spacial score (nSPS) is 19.1. The number of alkyl carbamates (subject to hydrolysis) is 2. The molecule has 14 atom stereocenters. The van der Waals surface area contributed by atoms with E-state index >= 15 is 0 Å². The second-order valence-corrected chi connectivity index (χ2v) is 45.4. The predicted molar refractivity (Wildman–Crippen MR) is 528 cm³/mol. The molecule has 8 heterocycles. The molecule has 2 aliphatic carbocycles. The van der Waals surface area contributed by atoms with Crippen LogP contribution in [0, 0.1) is 0 Å². The Labute approximate surface area is 848 Å². The molecule has 4 aromatic carbocycles. The number of phosphoric ester groups is 2. The van der Waals surface area contributed by atoms with Crippen LogP contribution in [0.4, 0.5) is 32.9 Å². The molecule has 148 heavy (non-hydrogen) atoms. The van der Waals surface area contributed by atoms with Gasteiger partial charge in [0.25, 0.3) is 66.1 Å². The minimum absolute atomic E-state index is 0.0108. The minimum Gasteiger partial charge on any atom is -0.756 e. The highest BCUT2D eigenvalue weighted by Gasteiger charge is 2.54. The molecule has 2 fully saturated rings. The number of phosphoric acid groups is 6. The number of aliphatic hydroxyl groups excluding tert-OH is 2. The smallest absolute Gasteiger partial charge is 0.478 e. The molecule has 62 heteroatoms. The second-order valence-electron chi connectivity index (χ2n) is 34.6. The number of ether oxygens (including phenoxy) is 4. The number of aryl methyl sites for hydroxylation is 2. The van der Waals surface area contributed by atoms with Crippen LogP contribution in [0.15, 0.2) is 144 Å². The molecule has 6 amide bonds. The molecule has 16 N–H and O–H groups in total. The monoisotopic (exact) mass is 2210 g/mol. The number of nitrogens with one attached hydrogen (secondary N) is 6. The van der Waals surface area contributed by atoms with Gasteiger partial charge in [0.2, 0.25) is 46.0 Å². The van der Waals surface area contributed by atoms with Gasteiger partial charge in [0, 0.05) is 182 Å². The zero-order valence-corrected chi connectivity index (χ0v) is 87.9. The number of hydrogen-bond acceptors (Lipinski definition) is 38. The Morgan fingerprint density at radius 3 is 1.30 bits per heavy atom. The van der Waals surface area contributed by atoms with E-state index in [1.165, 1.54) is 35.9 Å². The van der Waals surface area contributed by atoms with Crippen LogP contribution < -0.4 is 102 Å². The topological polar surface area (TPSA) is 739 Å². The molecule has 8 aromatic rings. The summed E-state index contributed by atoms with van der Waals surface area (Å²) >= 11 is 3.36. The third kappa shape index (κ3) is 27.8. The van der Waals surface area contributed by atoms with Crippen molar-refractivity contribution in [3.05, 3.63) is 177 Å². The number of aromatic amines is 2. The van der Waals surface area contributed by atoms with Crippen molar-refractivity contribution in [1.29, 1.82) is 0 Å². The maximum absolute atomic E-state index is 14.2. The lowest BCUT2D eigenvalue weighted by atomic mass is 9.91. The Hall–Kier alpha value is -11.9. The summed E-state index contributed by atoms with van der Waals surface area (Å²) in [6.45, 7) is -2.52. The summed E-state index contributed by atoms with van der Waals surface area (Å²) in [4.78, 5) is 211. The van der Waals surface area contributed by atoms with Crippen molar-refractivity contribution >= 4 is 171 Å². The van der Waals surface area contributed by atoms with Crippen molar-refractivity contribution in [2.45, 2.75) is 74.8 Å². The minimum atomic E-state index is -6.23. The van der Waals surface area contributed by atoms with Crippen molar-refractivity contribution in [2.75, 3.05) is 144 Å². The molecule has 4 aromatic heterocycles. The first-order valence-electron chi connectivity index (χ1n) is 44.6. The molecule has 0 bridgehead atoms. The fourth-order valence-corrected chi connectivity index (χ4v) is 24.5. The number of nitrogens with two attached hydrogens (primary N) is 2. The van der Waals surface area contributed by atoms with Crippen LogP contribution in [0.3, 0.4) is 0 Å². The van der Waals surface area contributed by atoms with E-state index in [4.69, 9.17) is 40.2 Å². The molecule has 54 nitrogen and oxygen atoms in total. The number of benzene rings is 6. The third-order valence-corrected chi connectivity index (χ3v) is 32.8. The highest BCUT2D eigenvalue weighted by Crippen LogP contribution is 2.65. The molecule has 0 radical (unpaired) electrons. The van der Waals surface area contributed by atoms with E-state index in [1.54, 1.807) is 58.7 Å². The number of hydrogen-bond donors (Lipinski definition) is 14. The Bertz CT molecular complexity index is 7640. The van der Waals surface area contributed by atoms with Gasteiger partial charge >= 0.3 is 39.1 Å². The summed E-state index contributed by atoms with van der Waals surface area (Å²) in [5, 5.41) is 36.9. The quantitative estimate of drug-likeness (QED) is 0.0109. The van der Waals surface area contributed by atoms with Crippen molar-refractivity contribution in [2.24, 2.45) is 14.1 Å². The lowest BCUT2D eigenvalue weighted by molar-refractivity contribution is -0.746. The second kappa shape index (κ2) is 46.7. The summed E-state index contributed by atoms with van der Waals surface area (Å²) < 4.78 is 127. The van der Waals surface area contributed by atoms with Gasteiger partial charge in [-0.05, 0) is 83.6 Å². The van der Waals surface area contributed by atoms with E-state index in [0.717, 1.165) is 94.5 Å². The van der Waals surface area contributed by atoms with E-state index in [1.807, 2.05) is 112 Å². The number of nitrogens with zero attached hydrogens (tertiary/aromatic N) is 12. The highest BCUT2D eigenvalue weighted by atomic mass is 32.1. The molecule has 6 aliphatic rings. The largest absolute Gasteiger partial charge is 0.756 e. The zero-order chi connectivity index (χ0) is 108. The molecular formula is C86H106N20O34P6S2. The molecule has 0 saturated carbocycles. The number of H-pyrrole nitrogens is 2. The van der Waals surface area contributed by atoms with Crippen LogP contribution in [-0.2, 0) is 96.3 Å². The van der Waals surface area contributed by atoms with Gasteiger partial charge < -0.3 is 121 Å². The maximum atomic E-state index is 14.2. The first-order chi connectivity index (χ1) is 69.4.